The lowest BCUT2D eigenvalue weighted by Gasteiger charge is -2.16. The summed E-state index contributed by atoms with van der Waals surface area (Å²) < 4.78 is 0. The molecule has 0 aliphatic heterocycles. The molecule has 11 heavy (non-hydrogen) atoms. The number of thioether (sulfide) groups is 1. The van der Waals surface area contributed by atoms with E-state index in [4.69, 9.17) is 0 Å². The highest BCUT2D eigenvalue weighted by atomic mass is 32.2. The topological polar surface area (TPSA) is 20.2 Å². The predicted molar refractivity (Wildman–Crippen MR) is 53.1 cm³/mol. The summed E-state index contributed by atoms with van der Waals surface area (Å²) in [5.41, 5.74) is 0. The summed E-state index contributed by atoms with van der Waals surface area (Å²) in [5, 5.41) is 9.42. The lowest BCUT2D eigenvalue weighted by molar-refractivity contribution is 0.108. The third-order valence-corrected chi connectivity index (χ3v) is 2.78. The first kappa shape index (κ1) is 11.3. The van der Waals surface area contributed by atoms with Crippen LogP contribution in [0.25, 0.3) is 0 Å². The standard InChI is InChI=1S/C9H20OS/c1-4-9(10)8(2)6-5-7-11-3/h8-10H,4-7H2,1-3H3. The van der Waals surface area contributed by atoms with Crippen molar-refractivity contribution in [3.63, 3.8) is 0 Å². The molecule has 68 valence electrons. The van der Waals surface area contributed by atoms with Gasteiger partial charge in [-0.3, -0.25) is 0 Å². The van der Waals surface area contributed by atoms with Crippen molar-refractivity contribution in [2.75, 3.05) is 12.0 Å². The highest BCUT2D eigenvalue weighted by Gasteiger charge is 2.10. The van der Waals surface area contributed by atoms with Gasteiger partial charge in [-0.15, -0.1) is 0 Å². The van der Waals surface area contributed by atoms with Gasteiger partial charge >= 0.3 is 0 Å². The van der Waals surface area contributed by atoms with Crippen LogP contribution in [0.4, 0.5) is 0 Å². The summed E-state index contributed by atoms with van der Waals surface area (Å²) >= 11 is 1.88. The van der Waals surface area contributed by atoms with Crippen molar-refractivity contribution < 1.29 is 5.11 Å². The van der Waals surface area contributed by atoms with E-state index in [1.54, 1.807) is 0 Å². The van der Waals surface area contributed by atoms with E-state index in [-0.39, 0.29) is 6.10 Å². The molecule has 0 aliphatic rings. The van der Waals surface area contributed by atoms with Crippen molar-refractivity contribution in [2.24, 2.45) is 5.92 Å². The molecule has 2 heteroatoms. The molecule has 0 spiro atoms. The van der Waals surface area contributed by atoms with Crippen molar-refractivity contribution in [1.82, 2.24) is 0 Å². The van der Waals surface area contributed by atoms with Gasteiger partial charge in [0.05, 0.1) is 6.10 Å². The molecule has 0 rings (SSSR count). The predicted octanol–water partition coefficient (Wildman–Crippen LogP) is 2.54. The quantitative estimate of drug-likeness (QED) is 0.628. The maximum absolute atomic E-state index is 9.42. The molecule has 0 saturated carbocycles. The van der Waals surface area contributed by atoms with Gasteiger partial charge in [0.25, 0.3) is 0 Å². The lowest BCUT2D eigenvalue weighted by atomic mass is 9.98. The average molecular weight is 176 g/mol. The molecule has 0 aromatic carbocycles. The fourth-order valence-corrected chi connectivity index (χ4v) is 1.60. The number of rotatable bonds is 6. The normalized spacial score (nSPS) is 16.4. The first-order valence-corrected chi connectivity index (χ1v) is 5.78. The van der Waals surface area contributed by atoms with Gasteiger partial charge in [-0.05, 0) is 37.2 Å². The van der Waals surface area contributed by atoms with Gasteiger partial charge in [0, 0.05) is 0 Å². The summed E-state index contributed by atoms with van der Waals surface area (Å²) in [6.45, 7) is 4.17. The zero-order chi connectivity index (χ0) is 8.69. The van der Waals surface area contributed by atoms with E-state index in [2.05, 4.69) is 13.2 Å². The number of hydrogen-bond acceptors (Lipinski definition) is 2. The van der Waals surface area contributed by atoms with E-state index in [1.165, 1.54) is 12.2 Å². The SMILES string of the molecule is CCC(O)C(C)CCCSC. The Kier molecular flexibility index (Phi) is 7.18. The Morgan fingerprint density at radius 2 is 2.09 bits per heavy atom. The fraction of sp³-hybridized carbons (Fsp3) is 1.00. The number of hydrogen-bond donors (Lipinski definition) is 1. The van der Waals surface area contributed by atoms with Gasteiger partial charge in [-0.2, -0.15) is 11.8 Å². The molecule has 0 radical (unpaired) electrons. The summed E-state index contributed by atoms with van der Waals surface area (Å²) in [7, 11) is 0. The summed E-state index contributed by atoms with van der Waals surface area (Å²) in [4.78, 5) is 0. The summed E-state index contributed by atoms with van der Waals surface area (Å²) in [5.74, 6) is 1.70. The van der Waals surface area contributed by atoms with Gasteiger partial charge in [0.2, 0.25) is 0 Å². The maximum atomic E-state index is 9.42. The van der Waals surface area contributed by atoms with E-state index in [9.17, 15) is 5.11 Å². The second-order valence-electron chi connectivity index (χ2n) is 3.09. The van der Waals surface area contributed by atoms with Gasteiger partial charge < -0.3 is 5.11 Å². The molecular weight excluding hydrogens is 156 g/mol. The third-order valence-electron chi connectivity index (χ3n) is 2.08. The molecule has 2 atom stereocenters. The molecule has 0 amide bonds. The number of aliphatic hydroxyl groups excluding tert-OH is 1. The van der Waals surface area contributed by atoms with Crippen LogP contribution in [-0.2, 0) is 0 Å². The van der Waals surface area contributed by atoms with Crippen molar-refractivity contribution in [3.05, 3.63) is 0 Å². The van der Waals surface area contributed by atoms with E-state index in [0.29, 0.717) is 5.92 Å². The minimum absolute atomic E-state index is 0.0862. The zero-order valence-electron chi connectivity index (χ0n) is 7.84. The molecule has 0 aromatic heterocycles. The summed E-state index contributed by atoms with van der Waals surface area (Å²) in [6.07, 6.45) is 5.33. The van der Waals surface area contributed by atoms with Crippen LogP contribution in [0.15, 0.2) is 0 Å². The summed E-state index contributed by atoms with van der Waals surface area (Å²) in [6, 6.07) is 0. The van der Waals surface area contributed by atoms with Crippen LogP contribution in [0.2, 0.25) is 0 Å². The highest BCUT2D eigenvalue weighted by Crippen LogP contribution is 2.14. The molecule has 1 nitrogen and oxygen atoms in total. The molecule has 0 aliphatic carbocycles. The van der Waals surface area contributed by atoms with Gasteiger partial charge in [-0.1, -0.05) is 13.8 Å². The molecule has 0 bridgehead atoms. The number of aliphatic hydroxyl groups is 1. The average Bonchev–Trinajstić information content (AvgIpc) is 2.03. The van der Waals surface area contributed by atoms with E-state index in [1.807, 2.05) is 18.7 Å². The minimum Gasteiger partial charge on any atom is -0.393 e. The molecule has 0 fully saturated rings. The zero-order valence-corrected chi connectivity index (χ0v) is 8.66. The van der Waals surface area contributed by atoms with Gasteiger partial charge in [0.1, 0.15) is 0 Å². The smallest absolute Gasteiger partial charge is 0.0563 e. The Bertz CT molecular complexity index is 85.6. The largest absolute Gasteiger partial charge is 0.393 e. The Balaban J connectivity index is 3.28. The van der Waals surface area contributed by atoms with Gasteiger partial charge in [-0.25, -0.2) is 0 Å². The van der Waals surface area contributed by atoms with E-state index in [0.717, 1.165) is 12.8 Å². The highest BCUT2D eigenvalue weighted by molar-refractivity contribution is 7.98. The second kappa shape index (κ2) is 6.99. The Hall–Kier alpha value is 0.310. The van der Waals surface area contributed by atoms with Crippen LogP contribution in [0.3, 0.4) is 0 Å². The Labute approximate surface area is 74.6 Å². The maximum Gasteiger partial charge on any atom is 0.0563 e. The molecule has 0 aromatic rings. The van der Waals surface area contributed by atoms with Crippen LogP contribution in [-0.4, -0.2) is 23.2 Å². The van der Waals surface area contributed by atoms with E-state index < -0.39 is 0 Å². The Morgan fingerprint density at radius 1 is 1.45 bits per heavy atom. The van der Waals surface area contributed by atoms with Crippen molar-refractivity contribution in [2.45, 2.75) is 39.2 Å². The van der Waals surface area contributed by atoms with Crippen LogP contribution >= 0.6 is 11.8 Å². The third kappa shape index (κ3) is 5.57. The second-order valence-corrected chi connectivity index (χ2v) is 4.07. The van der Waals surface area contributed by atoms with Crippen molar-refractivity contribution >= 4 is 11.8 Å². The molecule has 1 N–H and O–H groups in total. The first-order chi connectivity index (χ1) is 5.22. The molecular formula is C9H20OS. The lowest BCUT2D eigenvalue weighted by Crippen LogP contribution is -2.16. The molecule has 2 unspecified atom stereocenters. The van der Waals surface area contributed by atoms with Crippen LogP contribution in [0.5, 0.6) is 0 Å². The molecule has 0 saturated heterocycles. The van der Waals surface area contributed by atoms with Crippen LogP contribution < -0.4 is 0 Å². The fourth-order valence-electron chi connectivity index (χ4n) is 1.14. The monoisotopic (exact) mass is 176 g/mol. The van der Waals surface area contributed by atoms with Crippen LogP contribution in [0, 0.1) is 5.92 Å². The van der Waals surface area contributed by atoms with Crippen molar-refractivity contribution in [3.8, 4) is 0 Å². The Morgan fingerprint density at radius 3 is 2.55 bits per heavy atom. The van der Waals surface area contributed by atoms with Crippen LogP contribution in [0.1, 0.15) is 33.1 Å². The molecule has 0 heterocycles. The van der Waals surface area contributed by atoms with Gasteiger partial charge in [0.15, 0.2) is 0 Å². The van der Waals surface area contributed by atoms with E-state index >= 15 is 0 Å². The minimum atomic E-state index is -0.0862. The van der Waals surface area contributed by atoms with Crippen molar-refractivity contribution in [1.29, 1.82) is 0 Å². The first-order valence-electron chi connectivity index (χ1n) is 4.39.